The second-order valence-corrected chi connectivity index (χ2v) is 9.96. The quantitative estimate of drug-likeness (QED) is 0.275. The molecule has 2 aromatic carbocycles. The van der Waals surface area contributed by atoms with Gasteiger partial charge in [-0.05, 0) is 62.4 Å². The predicted molar refractivity (Wildman–Crippen MR) is 154 cm³/mol. The van der Waals surface area contributed by atoms with Crippen molar-refractivity contribution in [2.45, 2.75) is 19.4 Å². The van der Waals surface area contributed by atoms with Crippen LogP contribution < -0.4 is 11.1 Å². The number of amides is 1. The van der Waals surface area contributed by atoms with Crippen LogP contribution in [-0.2, 0) is 5.54 Å². The van der Waals surface area contributed by atoms with Gasteiger partial charge in [0.1, 0.15) is 0 Å². The summed E-state index contributed by atoms with van der Waals surface area (Å²) in [6.07, 6.45) is 3.46. The molecule has 1 amide bonds. The number of benzene rings is 2. The van der Waals surface area contributed by atoms with Gasteiger partial charge in [0.25, 0.3) is 5.91 Å². The highest BCUT2D eigenvalue weighted by Gasteiger charge is 2.28. The van der Waals surface area contributed by atoms with Gasteiger partial charge in [0.2, 0.25) is 0 Å². The lowest BCUT2D eigenvalue weighted by atomic mass is 9.99. The number of aromatic nitrogens is 5. The highest BCUT2D eigenvalue weighted by atomic mass is 16.2. The molecule has 6 aromatic rings. The normalized spacial score (nSPS) is 11.4. The average Bonchev–Trinajstić information content (AvgIpc) is 3.42. The highest BCUT2D eigenvalue weighted by Crippen LogP contribution is 2.33. The Morgan fingerprint density at radius 1 is 0.900 bits per heavy atom. The summed E-state index contributed by atoms with van der Waals surface area (Å²) >= 11 is 0. The van der Waals surface area contributed by atoms with Crippen molar-refractivity contribution >= 4 is 33.7 Å². The molecule has 9 nitrogen and oxygen atoms in total. The van der Waals surface area contributed by atoms with Crippen LogP contribution in [0.5, 0.6) is 0 Å². The highest BCUT2D eigenvalue weighted by molar-refractivity contribution is 5.99. The summed E-state index contributed by atoms with van der Waals surface area (Å²) in [4.78, 5) is 35.2. The molecule has 0 unspecified atom stereocenters. The van der Waals surface area contributed by atoms with Crippen LogP contribution in [0.2, 0.25) is 0 Å². The van der Waals surface area contributed by atoms with Crippen molar-refractivity contribution in [1.29, 1.82) is 5.26 Å². The number of nitrogens with two attached hydrogens (primary N) is 1. The molecule has 4 heterocycles. The van der Waals surface area contributed by atoms with E-state index in [0.29, 0.717) is 22.5 Å². The summed E-state index contributed by atoms with van der Waals surface area (Å²) in [7, 11) is 0. The lowest BCUT2D eigenvalue weighted by molar-refractivity contribution is 0.0906. The third kappa shape index (κ3) is 4.48. The predicted octanol–water partition coefficient (Wildman–Crippen LogP) is 5.35. The molecular formula is C31H24N8O. The summed E-state index contributed by atoms with van der Waals surface area (Å²) in [6, 6.07) is 24.4. The van der Waals surface area contributed by atoms with E-state index in [1.807, 2.05) is 68.4 Å². The van der Waals surface area contributed by atoms with Crippen LogP contribution in [-0.4, -0.2) is 30.8 Å². The number of hydrogen-bond donors (Lipinski definition) is 3. The number of H-pyrrole nitrogens is 1. The van der Waals surface area contributed by atoms with Crippen LogP contribution >= 0.6 is 0 Å². The van der Waals surface area contributed by atoms with Gasteiger partial charge in [0.05, 0.1) is 45.1 Å². The van der Waals surface area contributed by atoms with Crippen LogP contribution in [0.1, 0.15) is 35.6 Å². The Labute approximate surface area is 229 Å². The maximum atomic E-state index is 13.6. The molecule has 4 N–H and O–H groups in total. The summed E-state index contributed by atoms with van der Waals surface area (Å²) in [5, 5.41) is 13.4. The number of carbonyl (C=O) groups is 1. The number of aromatic amines is 1. The first-order valence-electron chi connectivity index (χ1n) is 12.6. The Balaban J connectivity index is 1.45. The Morgan fingerprint density at radius 3 is 2.45 bits per heavy atom. The van der Waals surface area contributed by atoms with Gasteiger partial charge in [-0.15, -0.1) is 0 Å². The van der Waals surface area contributed by atoms with Crippen molar-refractivity contribution in [1.82, 2.24) is 30.2 Å². The minimum atomic E-state index is -0.791. The van der Waals surface area contributed by atoms with Crippen molar-refractivity contribution in [2.75, 3.05) is 5.73 Å². The number of pyridine rings is 2. The van der Waals surface area contributed by atoms with Crippen LogP contribution in [0.4, 0.5) is 5.82 Å². The Hall–Kier alpha value is -5.62. The molecule has 194 valence electrons. The number of hydrogen-bond acceptors (Lipinski definition) is 7. The summed E-state index contributed by atoms with van der Waals surface area (Å²) in [6.45, 7) is 3.77. The molecule has 4 aromatic heterocycles. The van der Waals surface area contributed by atoms with Gasteiger partial charge >= 0.3 is 0 Å². The molecule has 0 saturated carbocycles. The minimum absolute atomic E-state index is 0.00350. The van der Waals surface area contributed by atoms with Crippen molar-refractivity contribution in [3.8, 4) is 28.6 Å². The third-order valence-electron chi connectivity index (χ3n) is 6.77. The number of carbonyl (C=O) groups excluding carboxylic acids is 1. The zero-order chi connectivity index (χ0) is 27.9. The summed E-state index contributed by atoms with van der Waals surface area (Å²) in [5.74, 6) is -0.488. The molecule has 0 atom stereocenters. The maximum Gasteiger partial charge on any atom is 0.274 e. The first-order chi connectivity index (χ1) is 19.3. The van der Waals surface area contributed by atoms with Gasteiger partial charge in [-0.2, -0.15) is 5.26 Å². The number of anilines is 1. The molecule has 0 radical (unpaired) electrons. The van der Waals surface area contributed by atoms with Gasteiger partial charge in [0.15, 0.2) is 11.5 Å². The number of nitrogens with one attached hydrogen (secondary N) is 2. The molecule has 0 saturated heterocycles. The van der Waals surface area contributed by atoms with Crippen molar-refractivity contribution < 1.29 is 4.79 Å². The molecule has 0 bridgehead atoms. The number of nitriles is 1. The van der Waals surface area contributed by atoms with Gasteiger partial charge in [0, 0.05) is 34.6 Å². The van der Waals surface area contributed by atoms with E-state index in [2.05, 4.69) is 31.3 Å². The number of rotatable bonds is 5. The number of nitrogens with zero attached hydrogens (tertiary/aromatic N) is 5. The van der Waals surface area contributed by atoms with E-state index in [1.54, 1.807) is 30.6 Å². The third-order valence-corrected chi connectivity index (χ3v) is 6.77. The molecule has 6 rings (SSSR count). The number of nitrogen functional groups attached to an aromatic ring is 1. The lowest BCUT2D eigenvalue weighted by Crippen LogP contribution is -2.42. The maximum absolute atomic E-state index is 13.6. The van der Waals surface area contributed by atoms with E-state index in [0.717, 1.165) is 33.2 Å². The molecule has 40 heavy (non-hydrogen) atoms. The molecule has 0 aliphatic rings. The molecule has 0 aliphatic carbocycles. The zero-order valence-electron chi connectivity index (χ0n) is 21.8. The Kier molecular flexibility index (Phi) is 5.93. The van der Waals surface area contributed by atoms with E-state index < -0.39 is 11.4 Å². The molecular weight excluding hydrogens is 500 g/mol. The largest absolute Gasteiger partial charge is 0.382 e. The summed E-state index contributed by atoms with van der Waals surface area (Å²) < 4.78 is 0. The van der Waals surface area contributed by atoms with Gasteiger partial charge in [-0.3, -0.25) is 14.8 Å². The zero-order valence-corrected chi connectivity index (χ0v) is 21.8. The monoisotopic (exact) mass is 524 g/mol. The van der Waals surface area contributed by atoms with Gasteiger partial charge in [-0.1, -0.05) is 24.3 Å². The fourth-order valence-corrected chi connectivity index (χ4v) is 4.68. The van der Waals surface area contributed by atoms with Crippen molar-refractivity contribution in [3.05, 3.63) is 102 Å². The lowest BCUT2D eigenvalue weighted by Gasteiger charge is -2.25. The molecule has 0 aliphatic heterocycles. The van der Waals surface area contributed by atoms with Crippen LogP contribution in [0, 0.1) is 11.3 Å². The fourth-order valence-electron chi connectivity index (χ4n) is 4.68. The smallest absolute Gasteiger partial charge is 0.274 e. The summed E-state index contributed by atoms with van der Waals surface area (Å²) in [5.41, 5.74) is 11.7. The van der Waals surface area contributed by atoms with Crippen molar-refractivity contribution in [3.63, 3.8) is 0 Å². The Morgan fingerprint density at radius 2 is 1.65 bits per heavy atom. The molecule has 0 fully saturated rings. The van der Waals surface area contributed by atoms with Crippen molar-refractivity contribution in [2.24, 2.45) is 0 Å². The average molecular weight is 525 g/mol. The standard InChI is InChI=1S/C31H24N8O/c1-31(2,25-16-24-23(36-25)9-5-13-35-24)39-30(40)28-29(33)38-27(20-7-3-6-18(14-20)17-32)26(37-28)21-10-11-22-19(15-21)8-4-12-34-22/h3-16,36H,1-2H3,(H2,33,38)(H,39,40). The van der Waals surface area contributed by atoms with Gasteiger partial charge in [-0.25, -0.2) is 9.97 Å². The van der Waals surface area contributed by atoms with Crippen LogP contribution in [0.15, 0.2) is 85.2 Å². The molecule has 0 spiro atoms. The SMILES string of the molecule is CC(C)(NC(=O)c1nc(-c2ccc3ncccc3c2)c(-c2cccc(C#N)c2)nc1N)c1cc2ncccc2[nH]1. The van der Waals surface area contributed by atoms with Crippen LogP contribution in [0.25, 0.3) is 44.5 Å². The molecule has 9 heteroatoms. The first kappa shape index (κ1) is 24.7. The van der Waals surface area contributed by atoms with E-state index in [9.17, 15) is 10.1 Å². The van der Waals surface area contributed by atoms with E-state index in [-0.39, 0.29) is 11.5 Å². The van der Waals surface area contributed by atoms with E-state index >= 15 is 0 Å². The van der Waals surface area contributed by atoms with Gasteiger partial charge < -0.3 is 16.0 Å². The topological polar surface area (TPSA) is 146 Å². The fraction of sp³-hybridized carbons (Fsp3) is 0.0968. The second-order valence-electron chi connectivity index (χ2n) is 9.96. The minimum Gasteiger partial charge on any atom is -0.382 e. The Bertz CT molecular complexity index is 1940. The second kappa shape index (κ2) is 9.60. The first-order valence-corrected chi connectivity index (χ1v) is 12.6. The van der Waals surface area contributed by atoms with Crippen LogP contribution in [0.3, 0.4) is 0 Å². The van der Waals surface area contributed by atoms with E-state index in [1.165, 1.54) is 0 Å². The number of fused-ring (bicyclic) bond motifs is 2. The van der Waals surface area contributed by atoms with E-state index in [4.69, 9.17) is 10.7 Å².